The average molecular weight is 704 g/mol. The van der Waals surface area contributed by atoms with E-state index < -0.39 is 72.1 Å². The normalized spacial score (nSPS) is 14.2. The number of nitrogens with one attached hydrogen (secondary N) is 4. The van der Waals surface area contributed by atoms with Crippen LogP contribution in [0.25, 0.3) is 0 Å². The summed E-state index contributed by atoms with van der Waals surface area (Å²) in [5.74, 6) is -3.39. The molecule has 3 rings (SSSR count). The number of aliphatic hydroxyl groups excluding tert-OH is 1. The van der Waals surface area contributed by atoms with Gasteiger partial charge in [-0.05, 0) is 56.7 Å². The largest absolute Gasteiger partial charge is 0.481 e. The number of carboxylic acid groups (broad SMARTS) is 1. The lowest BCUT2D eigenvalue weighted by molar-refractivity contribution is -0.138. The molecule has 0 radical (unpaired) electrons. The van der Waals surface area contributed by atoms with Crippen LogP contribution in [0.5, 0.6) is 0 Å². The lowest BCUT2D eigenvalue weighted by Crippen LogP contribution is -2.58. The Morgan fingerprint density at radius 1 is 0.686 bits per heavy atom. The molecule has 0 bridgehead atoms. The molecule has 3 aromatic carbocycles. The van der Waals surface area contributed by atoms with Crippen LogP contribution in [0.15, 0.2) is 91.0 Å². The summed E-state index contributed by atoms with van der Waals surface area (Å²) in [6, 6.07) is 23.0. The predicted octanol–water partition coefficient (Wildman–Crippen LogP) is 2.25. The highest BCUT2D eigenvalue weighted by Crippen LogP contribution is 2.12. The minimum Gasteiger partial charge on any atom is -0.481 e. The third-order valence-corrected chi connectivity index (χ3v) is 7.86. The number of nitrogens with two attached hydrogens (primary N) is 1. The number of carbonyl (C=O) groups is 5. The van der Waals surface area contributed by atoms with Gasteiger partial charge in [0.1, 0.15) is 17.7 Å². The zero-order chi connectivity index (χ0) is 37.4. The van der Waals surface area contributed by atoms with Crippen molar-refractivity contribution >= 4 is 29.8 Å². The van der Waals surface area contributed by atoms with Gasteiger partial charge < -0.3 is 42.0 Å². The molecule has 8 N–H and O–H groups in total. The van der Waals surface area contributed by atoms with Crippen LogP contribution in [0.3, 0.4) is 0 Å². The monoisotopic (exact) mass is 703 g/mol. The summed E-state index contributed by atoms with van der Waals surface area (Å²) in [6.07, 6.45) is -2.10. The maximum atomic E-state index is 13.9. The summed E-state index contributed by atoms with van der Waals surface area (Å²) >= 11 is 0. The topological polar surface area (TPSA) is 209 Å². The van der Waals surface area contributed by atoms with Crippen LogP contribution in [0.1, 0.15) is 50.3 Å². The van der Waals surface area contributed by atoms with Crippen molar-refractivity contribution in [3.63, 3.8) is 0 Å². The number of aliphatic hydroxyl groups is 1. The van der Waals surface area contributed by atoms with Crippen molar-refractivity contribution in [1.29, 1.82) is 0 Å². The number of aliphatic carboxylic acids is 1. The van der Waals surface area contributed by atoms with Crippen molar-refractivity contribution in [1.82, 2.24) is 21.3 Å². The van der Waals surface area contributed by atoms with E-state index in [1.165, 1.54) is 0 Å². The first-order chi connectivity index (χ1) is 24.2. The maximum absolute atomic E-state index is 13.9. The third-order valence-electron chi connectivity index (χ3n) is 7.86. The van der Waals surface area contributed by atoms with Crippen LogP contribution < -0.4 is 27.0 Å². The van der Waals surface area contributed by atoms with Crippen molar-refractivity contribution in [3.05, 3.63) is 108 Å². The number of amides is 4. The Kier molecular flexibility index (Phi) is 15.6. The third kappa shape index (κ3) is 15.0. The van der Waals surface area contributed by atoms with E-state index >= 15 is 0 Å². The average Bonchev–Trinajstić information content (AvgIpc) is 3.08. The second-order valence-electron chi connectivity index (χ2n) is 13.3. The molecular weight excluding hydrogens is 654 g/mol. The van der Waals surface area contributed by atoms with E-state index in [0.717, 1.165) is 16.7 Å². The Balaban J connectivity index is 1.80. The molecule has 0 unspecified atom stereocenters. The number of benzene rings is 3. The zero-order valence-electron chi connectivity index (χ0n) is 29.2. The fourth-order valence-electron chi connectivity index (χ4n) is 5.28. The molecule has 0 aliphatic carbocycles. The summed E-state index contributed by atoms with van der Waals surface area (Å²) < 4.78 is 5.43. The fourth-order valence-corrected chi connectivity index (χ4v) is 5.28. The van der Waals surface area contributed by atoms with Crippen LogP contribution in [0.4, 0.5) is 4.79 Å². The van der Waals surface area contributed by atoms with Gasteiger partial charge in [-0.2, -0.15) is 0 Å². The maximum Gasteiger partial charge on any atom is 0.407 e. The van der Waals surface area contributed by atoms with Crippen LogP contribution in [-0.2, 0) is 43.2 Å². The van der Waals surface area contributed by atoms with E-state index in [4.69, 9.17) is 10.5 Å². The molecule has 5 atom stereocenters. The SMILES string of the molecule is CC(C)(C)OC(=O)N[C@@H](Cc1ccccc1)[C@@H](O)CN[C@@H](Cc1ccccc1)C(=O)N[C@@H](CCC(=O)O)C(=O)N[C@@H](Cc1ccccc1)C(N)=O. The Morgan fingerprint density at radius 3 is 1.61 bits per heavy atom. The molecule has 0 saturated heterocycles. The fraction of sp³-hybridized carbons (Fsp3) is 0.395. The number of alkyl carbamates (subject to hydrolysis) is 1. The van der Waals surface area contributed by atoms with Crippen molar-refractivity contribution in [2.24, 2.45) is 5.73 Å². The van der Waals surface area contributed by atoms with Crippen molar-refractivity contribution in [2.45, 2.75) is 88.7 Å². The van der Waals surface area contributed by atoms with Gasteiger partial charge in [-0.25, -0.2) is 4.79 Å². The number of hydrogen-bond acceptors (Lipinski definition) is 8. The van der Waals surface area contributed by atoms with Crippen molar-refractivity contribution in [3.8, 4) is 0 Å². The molecule has 0 saturated carbocycles. The number of carboxylic acids is 1. The first-order valence-corrected chi connectivity index (χ1v) is 16.8. The molecule has 0 aliphatic heterocycles. The summed E-state index contributed by atoms with van der Waals surface area (Å²) in [7, 11) is 0. The number of ether oxygens (including phenoxy) is 1. The first-order valence-electron chi connectivity index (χ1n) is 16.8. The molecule has 0 aliphatic rings. The lowest BCUT2D eigenvalue weighted by Gasteiger charge is -2.29. The number of hydrogen-bond donors (Lipinski definition) is 7. The smallest absolute Gasteiger partial charge is 0.407 e. The van der Waals surface area contributed by atoms with Crippen LogP contribution in [0, 0.1) is 0 Å². The molecule has 4 amide bonds. The van der Waals surface area contributed by atoms with E-state index in [0.29, 0.717) is 0 Å². The molecule has 274 valence electrons. The first kappa shape index (κ1) is 40.2. The van der Waals surface area contributed by atoms with Gasteiger partial charge in [0.25, 0.3) is 0 Å². The second kappa shape index (κ2) is 19.8. The van der Waals surface area contributed by atoms with Crippen LogP contribution >= 0.6 is 0 Å². The van der Waals surface area contributed by atoms with Gasteiger partial charge in [0.15, 0.2) is 0 Å². The molecule has 3 aromatic rings. The molecule has 13 heteroatoms. The Bertz CT molecular complexity index is 1570. The Morgan fingerprint density at radius 2 is 1.14 bits per heavy atom. The molecule has 51 heavy (non-hydrogen) atoms. The van der Waals surface area contributed by atoms with E-state index in [1.54, 1.807) is 63.2 Å². The molecule has 0 spiro atoms. The molecule has 13 nitrogen and oxygen atoms in total. The predicted molar refractivity (Wildman–Crippen MR) is 191 cm³/mol. The molecule has 0 aromatic heterocycles. The highest BCUT2D eigenvalue weighted by Gasteiger charge is 2.31. The van der Waals surface area contributed by atoms with Gasteiger partial charge in [0.05, 0.1) is 18.2 Å². The van der Waals surface area contributed by atoms with E-state index in [9.17, 15) is 34.2 Å². The quantitative estimate of drug-likeness (QED) is 0.0975. The summed E-state index contributed by atoms with van der Waals surface area (Å²) in [6.45, 7) is 5.03. The molecule has 0 fully saturated rings. The second-order valence-corrected chi connectivity index (χ2v) is 13.3. The van der Waals surface area contributed by atoms with Crippen molar-refractivity contribution in [2.75, 3.05) is 6.54 Å². The summed E-state index contributed by atoms with van der Waals surface area (Å²) in [4.78, 5) is 63.8. The zero-order valence-corrected chi connectivity index (χ0v) is 29.2. The van der Waals surface area contributed by atoms with E-state index in [2.05, 4.69) is 21.3 Å². The van der Waals surface area contributed by atoms with Gasteiger partial charge in [-0.1, -0.05) is 91.0 Å². The number of primary amides is 1. The van der Waals surface area contributed by atoms with E-state index in [-0.39, 0.29) is 32.2 Å². The summed E-state index contributed by atoms with van der Waals surface area (Å²) in [5, 5.41) is 31.8. The molecule has 0 heterocycles. The minimum atomic E-state index is -1.32. The van der Waals surface area contributed by atoms with Gasteiger partial charge >= 0.3 is 12.1 Å². The van der Waals surface area contributed by atoms with Crippen LogP contribution in [0.2, 0.25) is 0 Å². The molecular formula is C38H49N5O8. The number of rotatable bonds is 19. The van der Waals surface area contributed by atoms with Gasteiger partial charge in [-0.3, -0.25) is 19.2 Å². The Labute approximate surface area is 298 Å². The minimum absolute atomic E-state index is 0.0963. The van der Waals surface area contributed by atoms with Crippen LogP contribution in [-0.4, -0.2) is 82.4 Å². The van der Waals surface area contributed by atoms with Gasteiger partial charge in [-0.15, -0.1) is 0 Å². The summed E-state index contributed by atoms with van der Waals surface area (Å²) in [5.41, 5.74) is 7.18. The highest BCUT2D eigenvalue weighted by molar-refractivity contribution is 5.93. The highest BCUT2D eigenvalue weighted by atomic mass is 16.6. The van der Waals surface area contributed by atoms with Gasteiger partial charge in [0, 0.05) is 19.4 Å². The van der Waals surface area contributed by atoms with Crippen molar-refractivity contribution < 1.29 is 38.9 Å². The Hall–Kier alpha value is -5.27. The standard InChI is InChI=1S/C38H49N5O8/c1-38(2,3)51-37(50)43-29(21-25-13-7-4-8-14-25)32(44)24-40-31(23-27-17-11-6-12-18-27)36(49)41-28(19-20-33(45)46)35(48)42-30(34(39)47)22-26-15-9-5-10-16-26/h4-18,28-32,40,44H,19-24H2,1-3H3,(H2,39,47)(H,41,49)(H,42,48)(H,43,50)(H,45,46)/t28-,29-,30-,31-,32-/m0/s1. The van der Waals surface area contributed by atoms with E-state index in [1.807, 2.05) is 48.5 Å². The number of carbonyl (C=O) groups excluding carboxylic acids is 4. The lowest BCUT2D eigenvalue weighted by atomic mass is 10.00. The van der Waals surface area contributed by atoms with Gasteiger partial charge in [0.2, 0.25) is 17.7 Å².